The highest BCUT2D eigenvalue weighted by Crippen LogP contribution is 2.32. The van der Waals surface area contributed by atoms with Gasteiger partial charge in [-0.3, -0.25) is 0 Å². The molecule has 0 aliphatic carbocycles. The second-order valence-corrected chi connectivity index (χ2v) is 8.23. The van der Waals surface area contributed by atoms with Gasteiger partial charge in [0.15, 0.2) is 11.5 Å². The molecule has 5 rings (SSSR count). The fourth-order valence-corrected chi connectivity index (χ4v) is 4.64. The van der Waals surface area contributed by atoms with Gasteiger partial charge in [-0.1, -0.05) is 24.3 Å². The van der Waals surface area contributed by atoms with Crippen LogP contribution in [0.3, 0.4) is 0 Å². The molecule has 1 aliphatic heterocycles. The zero-order valence-corrected chi connectivity index (χ0v) is 17.2. The van der Waals surface area contributed by atoms with E-state index in [2.05, 4.69) is 29.8 Å². The SMILES string of the molecule is Cc1ccccc1N=c1scc(-c2cccs2)n1N=Cc1ccc2c(c1)OCO2. The molecule has 0 spiro atoms. The highest BCUT2D eigenvalue weighted by Gasteiger charge is 2.13. The monoisotopic (exact) mass is 419 g/mol. The number of para-hydroxylation sites is 1. The molecule has 2 aromatic carbocycles. The molecule has 0 saturated carbocycles. The van der Waals surface area contributed by atoms with Crippen LogP contribution >= 0.6 is 22.7 Å². The van der Waals surface area contributed by atoms with Gasteiger partial charge in [0.25, 0.3) is 0 Å². The highest BCUT2D eigenvalue weighted by atomic mass is 32.1. The zero-order valence-electron chi connectivity index (χ0n) is 15.6. The normalized spacial score (nSPS) is 13.5. The lowest BCUT2D eigenvalue weighted by Gasteiger charge is -2.03. The van der Waals surface area contributed by atoms with Crippen LogP contribution in [-0.2, 0) is 0 Å². The molecule has 1 aliphatic rings. The molecule has 144 valence electrons. The van der Waals surface area contributed by atoms with E-state index in [-0.39, 0.29) is 6.79 Å². The van der Waals surface area contributed by atoms with E-state index in [9.17, 15) is 0 Å². The van der Waals surface area contributed by atoms with E-state index in [4.69, 9.17) is 19.6 Å². The average molecular weight is 420 g/mol. The summed E-state index contributed by atoms with van der Waals surface area (Å²) in [5, 5.41) is 8.93. The van der Waals surface area contributed by atoms with Crippen LogP contribution in [0.2, 0.25) is 0 Å². The van der Waals surface area contributed by atoms with Gasteiger partial charge in [-0.05, 0) is 53.8 Å². The second kappa shape index (κ2) is 7.69. The van der Waals surface area contributed by atoms with Crippen LogP contribution in [0.15, 0.2) is 75.5 Å². The minimum absolute atomic E-state index is 0.261. The number of benzene rings is 2. The standard InChI is InChI=1S/C22H17N3O2S2/c1-15-5-2-3-6-17(15)24-22-25(18(13-29-22)21-7-4-10-28-21)23-12-16-8-9-19-20(11-16)27-14-26-19/h2-13H,14H2,1H3. The van der Waals surface area contributed by atoms with E-state index in [1.54, 1.807) is 22.7 Å². The van der Waals surface area contributed by atoms with Crippen LogP contribution in [0.1, 0.15) is 11.1 Å². The number of hydrogen-bond donors (Lipinski definition) is 0. The van der Waals surface area contributed by atoms with E-state index in [1.165, 1.54) is 0 Å². The smallest absolute Gasteiger partial charge is 0.231 e. The second-order valence-electron chi connectivity index (χ2n) is 6.45. The van der Waals surface area contributed by atoms with Crippen LogP contribution in [0.25, 0.3) is 10.6 Å². The van der Waals surface area contributed by atoms with Crippen LogP contribution < -0.4 is 14.3 Å². The summed E-state index contributed by atoms with van der Waals surface area (Å²) < 4.78 is 12.8. The van der Waals surface area contributed by atoms with E-state index in [0.29, 0.717) is 0 Å². The van der Waals surface area contributed by atoms with Crippen molar-refractivity contribution >= 4 is 34.6 Å². The minimum Gasteiger partial charge on any atom is -0.454 e. The third kappa shape index (κ3) is 3.62. The summed E-state index contributed by atoms with van der Waals surface area (Å²) in [6, 6.07) is 18.0. The van der Waals surface area contributed by atoms with Crippen molar-refractivity contribution in [2.45, 2.75) is 6.92 Å². The van der Waals surface area contributed by atoms with Gasteiger partial charge in [0.2, 0.25) is 11.6 Å². The fraction of sp³-hybridized carbons (Fsp3) is 0.0909. The van der Waals surface area contributed by atoms with Crippen molar-refractivity contribution in [3.63, 3.8) is 0 Å². The maximum atomic E-state index is 5.47. The molecule has 0 fully saturated rings. The molecule has 0 radical (unpaired) electrons. The molecular formula is C22H17N3O2S2. The van der Waals surface area contributed by atoms with Crippen molar-refractivity contribution in [1.29, 1.82) is 0 Å². The Balaban J connectivity index is 1.60. The molecule has 4 aromatic rings. The fourth-order valence-electron chi connectivity index (χ4n) is 2.99. The number of aryl methyl sites for hydroxylation is 1. The number of thiazole rings is 1. The Hall–Kier alpha value is -3.16. The summed E-state index contributed by atoms with van der Waals surface area (Å²) in [5.41, 5.74) is 4.03. The summed E-state index contributed by atoms with van der Waals surface area (Å²) in [7, 11) is 0. The maximum Gasteiger partial charge on any atom is 0.231 e. The lowest BCUT2D eigenvalue weighted by molar-refractivity contribution is 0.174. The first kappa shape index (κ1) is 17.9. The van der Waals surface area contributed by atoms with Crippen molar-refractivity contribution in [3.05, 3.63) is 81.3 Å². The summed E-state index contributed by atoms with van der Waals surface area (Å²) >= 11 is 3.26. The van der Waals surface area contributed by atoms with E-state index >= 15 is 0 Å². The molecule has 0 unspecified atom stereocenters. The van der Waals surface area contributed by atoms with E-state index in [0.717, 1.165) is 43.7 Å². The number of rotatable bonds is 4. The van der Waals surface area contributed by atoms with Gasteiger partial charge in [-0.25, -0.2) is 9.67 Å². The Morgan fingerprint density at radius 3 is 2.76 bits per heavy atom. The van der Waals surface area contributed by atoms with E-state index < -0.39 is 0 Å². The highest BCUT2D eigenvalue weighted by molar-refractivity contribution is 7.14. The molecule has 7 heteroatoms. The Morgan fingerprint density at radius 1 is 1.00 bits per heavy atom. The Labute approximate surface area is 175 Å². The first-order valence-corrected chi connectivity index (χ1v) is 10.8. The van der Waals surface area contributed by atoms with Crippen molar-refractivity contribution in [1.82, 2.24) is 4.68 Å². The van der Waals surface area contributed by atoms with Gasteiger partial charge in [-0.15, -0.1) is 22.7 Å². The third-order valence-corrected chi connectivity index (χ3v) is 6.22. The molecule has 0 atom stereocenters. The van der Waals surface area contributed by atoms with Crippen LogP contribution in [0.5, 0.6) is 11.5 Å². The summed E-state index contributed by atoms with van der Waals surface area (Å²) in [6.07, 6.45) is 1.82. The average Bonchev–Trinajstić information content (AvgIpc) is 3.48. The number of nitrogens with zero attached hydrogens (tertiary/aromatic N) is 3. The topological polar surface area (TPSA) is 48.1 Å². The van der Waals surface area contributed by atoms with Gasteiger partial charge in [0.05, 0.1) is 22.5 Å². The van der Waals surface area contributed by atoms with Crippen LogP contribution in [0.4, 0.5) is 5.69 Å². The molecule has 0 saturated heterocycles. The third-order valence-electron chi connectivity index (χ3n) is 4.51. The minimum atomic E-state index is 0.261. The van der Waals surface area contributed by atoms with Gasteiger partial charge >= 0.3 is 0 Å². The number of aromatic nitrogens is 1. The number of hydrogen-bond acceptors (Lipinski definition) is 6. The molecule has 3 heterocycles. The molecule has 0 bridgehead atoms. The van der Waals surface area contributed by atoms with Gasteiger partial charge < -0.3 is 9.47 Å². The molecule has 5 nitrogen and oxygen atoms in total. The largest absolute Gasteiger partial charge is 0.454 e. The zero-order chi connectivity index (χ0) is 19.6. The number of fused-ring (bicyclic) bond motifs is 1. The first-order chi connectivity index (χ1) is 14.3. The van der Waals surface area contributed by atoms with Gasteiger partial charge in [-0.2, -0.15) is 5.10 Å². The van der Waals surface area contributed by atoms with Crippen LogP contribution in [-0.4, -0.2) is 17.7 Å². The van der Waals surface area contributed by atoms with Crippen molar-refractivity contribution < 1.29 is 9.47 Å². The van der Waals surface area contributed by atoms with Gasteiger partial charge in [0, 0.05) is 5.38 Å². The maximum absolute atomic E-state index is 5.47. The first-order valence-electron chi connectivity index (χ1n) is 9.07. The van der Waals surface area contributed by atoms with E-state index in [1.807, 2.05) is 53.4 Å². The summed E-state index contributed by atoms with van der Waals surface area (Å²) in [5.74, 6) is 1.51. The number of thiophene rings is 1. The Bertz CT molecular complexity index is 1250. The number of ether oxygens (including phenoxy) is 2. The quantitative estimate of drug-likeness (QED) is 0.414. The Morgan fingerprint density at radius 2 is 1.90 bits per heavy atom. The van der Waals surface area contributed by atoms with Crippen molar-refractivity contribution in [2.24, 2.45) is 10.1 Å². The predicted molar refractivity (Wildman–Crippen MR) is 118 cm³/mol. The summed E-state index contributed by atoms with van der Waals surface area (Å²) in [6.45, 7) is 2.32. The lowest BCUT2D eigenvalue weighted by Crippen LogP contribution is -2.11. The van der Waals surface area contributed by atoms with Crippen LogP contribution in [0, 0.1) is 6.92 Å². The van der Waals surface area contributed by atoms with Crippen molar-refractivity contribution in [2.75, 3.05) is 6.79 Å². The summed E-state index contributed by atoms with van der Waals surface area (Å²) in [4.78, 5) is 6.84. The molecular weight excluding hydrogens is 402 g/mol. The predicted octanol–water partition coefficient (Wildman–Crippen LogP) is 5.43. The molecule has 29 heavy (non-hydrogen) atoms. The van der Waals surface area contributed by atoms with Gasteiger partial charge in [0.1, 0.15) is 0 Å². The molecule has 0 amide bonds. The lowest BCUT2D eigenvalue weighted by atomic mass is 10.2. The molecule has 0 N–H and O–H groups in total. The van der Waals surface area contributed by atoms with Crippen molar-refractivity contribution in [3.8, 4) is 22.1 Å². The molecule has 2 aromatic heterocycles. The Kier molecular flexibility index (Phi) is 4.75.